The highest BCUT2D eigenvalue weighted by Gasteiger charge is 2.15. The first-order valence-corrected chi connectivity index (χ1v) is 6.01. The highest BCUT2D eigenvalue weighted by Crippen LogP contribution is 2.28. The molecule has 20 heavy (non-hydrogen) atoms. The maximum absolute atomic E-state index is 11.0. The monoisotopic (exact) mass is 268 g/mol. The van der Waals surface area contributed by atoms with Crippen molar-refractivity contribution in [2.24, 2.45) is 0 Å². The Morgan fingerprint density at radius 2 is 1.90 bits per heavy atom. The first-order chi connectivity index (χ1) is 9.70. The van der Waals surface area contributed by atoms with Gasteiger partial charge in [-0.25, -0.2) is 0 Å². The molecule has 0 N–H and O–H groups in total. The van der Waals surface area contributed by atoms with Gasteiger partial charge in [-0.3, -0.25) is 10.1 Å². The number of rotatable bonds is 5. The molecule has 5 heteroatoms. The average Bonchev–Trinajstić information content (AvgIpc) is 2.46. The quantitative estimate of drug-likeness (QED) is 0.616. The van der Waals surface area contributed by atoms with Gasteiger partial charge < -0.3 is 4.74 Å². The van der Waals surface area contributed by atoms with Crippen LogP contribution >= 0.6 is 0 Å². The number of nitro groups is 1. The average molecular weight is 268 g/mol. The molecule has 0 unspecified atom stereocenters. The molecule has 0 saturated carbocycles. The largest absolute Gasteiger partial charge is 0.482 e. The molecule has 0 aliphatic rings. The van der Waals surface area contributed by atoms with Crippen molar-refractivity contribution < 1.29 is 9.66 Å². The highest BCUT2D eigenvalue weighted by atomic mass is 16.6. The van der Waals surface area contributed by atoms with Crippen LogP contribution in [0, 0.1) is 21.4 Å². The predicted octanol–water partition coefficient (Wildman–Crippen LogP) is 3.24. The van der Waals surface area contributed by atoms with E-state index in [0.29, 0.717) is 5.56 Å². The molecular weight excluding hydrogens is 256 g/mol. The van der Waals surface area contributed by atoms with E-state index in [-0.39, 0.29) is 24.5 Å². The lowest BCUT2D eigenvalue weighted by atomic mass is 10.1. The zero-order chi connectivity index (χ0) is 14.4. The highest BCUT2D eigenvalue weighted by molar-refractivity contribution is 5.49. The molecule has 2 rings (SSSR count). The van der Waals surface area contributed by atoms with Gasteiger partial charge in [0.2, 0.25) is 0 Å². The smallest absolute Gasteiger partial charge is 0.310 e. The van der Waals surface area contributed by atoms with Gasteiger partial charge in [-0.05, 0) is 17.2 Å². The van der Waals surface area contributed by atoms with Gasteiger partial charge in [0.25, 0.3) is 0 Å². The molecule has 2 aromatic carbocycles. The maximum Gasteiger partial charge on any atom is 0.310 e. The minimum atomic E-state index is -0.490. The van der Waals surface area contributed by atoms with Gasteiger partial charge in [-0.15, -0.1) is 0 Å². The molecule has 0 saturated heterocycles. The van der Waals surface area contributed by atoms with Crippen LogP contribution in [-0.4, -0.2) is 4.92 Å². The Hall–Kier alpha value is -2.87. The normalized spacial score (nSPS) is 9.75. The molecule has 0 fully saturated rings. The van der Waals surface area contributed by atoms with Crippen molar-refractivity contribution >= 4 is 5.69 Å². The summed E-state index contributed by atoms with van der Waals surface area (Å²) < 4.78 is 5.52. The summed E-state index contributed by atoms with van der Waals surface area (Å²) in [5.41, 5.74) is 1.52. The van der Waals surface area contributed by atoms with E-state index < -0.39 is 4.92 Å². The molecular formula is C15H12N2O3. The Bertz CT molecular complexity index is 648. The van der Waals surface area contributed by atoms with Crippen LogP contribution in [0.25, 0.3) is 0 Å². The second kappa shape index (κ2) is 6.34. The number of hydrogen-bond acceptors (Lipinski definition) is 4. The Morgan fingerprint density at radius 3 is 2.55 bits per heavy atom. The standard InChI is InChI=1S/C15H12N2O3/c16-9-8-12-6-7-14(17(18)19)15(10-12)20-11-13-4-2-1-3-5-13/h1-7,10H,8,11H2. The number of nitro benzene ring substituents is 1. The molecule has 0 heterocycles. The van der Waals surface area contributed by atoms with Crippen molar-refractivity contribution in [2.45, 2.75) is 13.0 Å². The molecule has 0 aliphatic heterocycles. The van der Waals surface area contributed by atoms with Crippen molar-refractivity contribution in [1.29, 1.82) is 5.26 Å². The summed E-state index contributed by atoms with van der Waals surface area (Å²) in [6.07, 6.45) is 0.194. The van der Waals surface area contributed by atoms with Crippen molar-refractivity contribution in [1.82, 2.24) is 0 Å². The van der Waals surface area contributed by atoms with Gasteiger partial charge in [-0.2, -0.15) is 5.26 Å². The summed E-state index contributed by atoms with van der Waals surface area (Å²) in [5.74, 6) is 0.187. The summed E-state index contributed by atoms with van der Waals surface area (Å²) in [5, 5.41) is 19.6. The topological polar surface area (TPSA) is 76.2 Å². The molecule has 0 aromatic heterocycles. The maximum atomic E-state index is 11.0. The van der Waals surface area contributed by atoms with Crippen LogP contribution in [0.4, 0.5) is 5.69 Å². The van der Waals surface area contributed by atoms with Gasteiger partial charge >= 0.3 is 5.69 Å². The fourth-order valence-electron chi connectivity index (χ4n) is 1.76. The molecule has 0 amide bonds. The molecule has 0 aliphatic carbocycles. The molecule has 0 radical (unpaired) electrons. The fourth-order valence-corrected chi connectivity index (χ4v) is 1.76. The van der Waals surface area contributed by atoms with E-state index in [1.54, 1.807) is 12.1 Å². The zero-order valence-electron chi connectivity index (χ0n) is 10.7. The Labute approximate surface area is 116 Å². The van der Waals surface area contributed by atoms with E-state index in [9.17, 15) is 10.1 Å². The minimum Gasteiger partial charge on any atom is -0.482 e. The third kappa shape index (κ3) is 3.33. The third-order valence-electron chi connectivity index (χ3n) is 2.74. The number of benzene rings is 2. The van der Waals surface area contributed by atoms with Crippen LogP contribution in [0.15, 0.2) is 48.5 Å². The van der Waals surface area contributed by atoms with Gasteiger partial charge in [0.15, 0.2) is 5.75 Å². The summed E-state index contributed by atoms with van der Waals surface area (Å²) in [7, 11) is 0. The lowest BCUT2D eigenvalue weighted by Gasteiger charge is -2.08. The molecule has 2 aromatic rings. The van der Waals surface area contributed by atoms with Crippen molar-refractivity contribution in [3.05, 3.63) is 69.8 Å². The fraction of sp³-hybridized carbons (Fsp3) is 0.133. The van der Waals surface area contributed by atoms with Crippen LogP contribution in [0.5, 0.6) is 5.75 Å². The van der Waals surface area contributed by atoms with E-state index >= 15 is 0 Å². The number of hydrogen-bond donors (Lipinski definition) is 0. The lowest BCUT2D eigenvalue weighted by molar-refractivity contribution is -0.386. The molecule has 0 atom stereocenters. The van der Waals surface area contributed by atoms with E-state index in [2.05, 4.69) is 0 Å². The zero-order valence-corrected chi connectivity index (χ0v) is 10.7. The van der Waals surface area contributed by atoms with Crippen LogP contribution in [0.3, 0.4) is 0 Å². The van der Waals surface area contributed by atoms with Crippen molar-refractivity contribution in [3.63, 3.8) is 0 Å². The summed E-state index contributed by atoms with van der Waals surface area (Å²) in [6, 6.07) is 15.9. The second-order valence-electron chi connectivity index (χ2n) is 4.17. The predicted molar refractivity (Wildman–Crippen MR) is 73.2 cm³/mol. The van der Waals surface area contributed by atoms with Gasteiger partial charge in [-0.1, -0.05) is 36.4 Å². The Kier molecular flexibility index (Phi) is 4.30. The molecule has 0 bridgehead atoms. The van der Waals surface area contributed by atoms with E-state index in [1.807, 2.05) is 36.4 Å². The number of nitriles is 1. The Morgan fingerprint density at radius 1 is 1.15 bits per heavy atom. The van der Waals surface area contributed by atoms with Crippen LogP contribution < -0.4 is 4.74 Å². The van der Waals surface area contributed by atoms with E-state index in [0.717, 1.165) is 5.56 Å². The van der Waals surface area contributed by atoms with Crippen LogP contribution in [0.2, 0.25) is 0 Å². The van der Waals surface area contributed by atoms with Crippen molar-refractivity contribution in [3.8, 4) is 11.8 Å². The molecule has 5 nitrogen and oxygen atoms in total. The number of ether oxygens (including phenoxy) is 1. The summed E-state index contributed by atoms with van der Waals surface area (Å²) >= 11 is 0. The van der Waals surface area contributed by atoms with Gasteiger partial charge in [0.1, 0.15) is 6.61 Å². The first-order valence-electron chi connectivity index (χ1n) is 6.01. The SMILES string of the molecule is N#CCc1ccc([N+](=O)[O-])c(OCc2ccccc2)c1. The lowest BCUT2D eigenvalue weighted by Crippen LogP contribution is -2.00. The third-order valence-corrected chi connectivity index (χ3v) is 2.74. The minimum absolute atomic E-state index is 0.0948. The van der Waals surface area contributed by atoms with E-state index in [1.165, 1.54) is 6.07 Å². The first kappa shape index (κ1) is 13.6. The summed E-state index contributed by atoms with van der Waals surface area (Å²) in [4.78, 5) is 10.5. The summed E-state index contributed by atoms with van der Waals surface area (Å²) in [6.45, 7) is 0.248. The second-order valence-corrected chi connectivity index (χ2v) is 4.17. The van der Waals surface area contributed by atoms with Gasteiger partial charge in [0.05, 0.1) is 17.4 Å². The van der Waals surface area contributed by atoms with Crippen molar-refractivity contribution in [2.75, 3.05) is 0 Å². The molecule has 100 valence electrons. The van der Waals surface area contributed by atoms with E-state index in [4.69, 9.17) is 10.00 Å². The molecule has 0 spiro atoms. The van der Waals surface area contributed by atoms with Crippen LogP contribution in [-0.2, 0) is 13.0 Å². The van der Waals surface area contributed by atoms with Crippen LogP contribution in [0.1, 0.15) is 11.1 Å². The Balaban J connectivity index is 2.22. The van der Waals surface area contributed by atoms with Gasteiger partial charge in [0, 0.05) is 6.07 Å². The number of nitrogens with zero attached hydrogens (tertiary/aromatic N) is 2.